The maximum atomic E-state index is 13.8. The third-order valence-electron chi connectivity index (χ3n) is 4.08. The van der Waals surface area contributed by atoms with Crippen LogP contribution in [0.2, 0.25) is 0 Å². The van der Waals surface area contributed by atoms with Crippen LogP contribution in [0, 0.1) is 11.7 Å². The van der Waals surface area contributed by atoms with Crippen molar-refractivity contribution in [2.75, 3.05) is 6.54 Å². The van der Waals surface area contributed by atoms with Crippen LogP contribution in [-0.2, 0) is 0 Å². The smallest absolute Gasteiger partial charge is 0.257 e. The fourth-order valence-electron chi connectivity index (χ4n) is 2.85. The van der Waals surface area contributed by atoms with E-state index in [1.54, 1.807) is 18.2 Å². The van der Waals surface area contributed by atoms with Crippen LogP contribution in [0.3, 0.4) is 0 Å². The summed E-state index contributed by atoms with van der Waals surface area (Å²) >= 11 is 0. The van der Waals surface area contributed by atoms with E-state index in [0.29, 0.717) is 12.0 Å². The van der Waals surface area contributed by atoms with Crippen molar-refractivity contribution in [1.29, 1.82) is 0 Å². The zero-order valence-electron chi connectivity index (χ0n) is 12.4. The monoisotopic (exact) mass is 277 g/mol. The second-order valence-electron chi connectivity index (χ2n) is 6.10. The molecule has 1 aromatic rings. The van der Waals surface area contributed by atoms with E-state index in [2.05, 4.69) is 13.8 Å². The Balaban J connectivity index is 2.16. The van der Waals surface area contributed by atoms with Crippen molar-refractivity contribution in [3.05, 3.63) is 35.6 Å². The Bertz CT molecular complexity index is 452. The average Bonchev–Trinajstić information content (AvgIpc) is 2.93. The predicted molar refractivity (Wildman–Crippen MR) is 79.1 cm³/mol. The molecule has 1 saturated carbocycles. The minimum Gasteiger partial charge on any atom is -0.336 e. The molecule has 1 aliphatic carbocycles. The van der Waals surface area contributed by atoms with Gasteiger partial charge in [-0.05, 0) is 37.3 Å². The number of carbonyl (C=O) groups is 1. The summed E-state index contributed by atoms with van der Waals surface area (Å²) in [4.78, 5) is 14.6. The summed E-state index contributed by atoms with van der Waals surface area (Å²) in [5.74, 6) is -0.00647. The average molecular weight is 277 g/mol. The normalized spacial score (nSPS) is 15.8. The van der Waals surface area contributed by atoms with Gasteiger partial charge >= 0.3 is 0 Å². The molecule has 0 atom stereocenters. The van der Waals surface area contributed by atoms with Crippen molar-refractivity contribution in [2.24, 2.45) is 5.92 Å². The van der Waals surface area contributed by atoms with Crippen molar-refractivity contribution in [2.45, 2.75) is 52.0 Å². The first-order chi connectivity index (χ1) is 9.59. The zero-order chi connectivity index (χ0) is 14.5. The standard InChI is InChI=1S/C17H24FNO/c1-13(2)11-12-19(14-7-3-4-8-14)17(20)15-9-5-6-10-16(15)18/h5-6,9-10,13-14H,3-4,7-8,11-12H2,1-2H3. The second kappa shape index (κ2) is 6.87. The molecule has 20 heavy (non-hydrogen) atoms. The van der Waals surface area contributed by atoms with Crippen molar-refractivity contribution in [3.63, 3.8) is 0 Å². The third kappa shape index (κ3) is 3.59. The summed E-state index contributed by atoms with van der Waals surface area (Å²) in [5.41, 5.74) is 0.211. The molecule has 1 aromatic carbocycles. The van der Waals surface area contributed by atoms with Gasteiger partial charge in [0.2, 0.25) is 0 Å². The maximum absolute atomic E-state index is 13.8. The maximum Gasteiger partial charge on any atom is 0.257 e. The molecule has 0 aliphatic heterocycles. The van der Waals surface area contributed by atoms with Gasteiger partial charge in [-0.1, -0.05) is 38.8 Å². The molecule has 0 bridgehead atoms. The van der Waals surface area contributed by atoms with E-state index in [1.165, 1.54) is 18.9 Å². The second-order valence-corrected chi connectivity index (χ2v) is 6.10. The highest BCUT2D eigenvalue weighted by Crippen LogP contribution is 2.26. The molecular formula is C17H24FNO. The minimum atomic E-state index is -0.412. The highest BCUT2D eigenvalue weighted by atomic mass is 19.1. The molecule has 110 valence electrons. The molecular weight excluding hydrogens is 253 g/mol. The van der Waals surface area contributed by atoms with Gasteiger partial charge in [0, 0.05) is 12.6 Å². The third-order valence-corrected chi connectivity index (χ3v) is 4.08. The lowest BCUT2D eigenvalue weighted by atomic mass is 10.1. The van der Waals surface area contributed by atoms with Gasteiger partial charge in [0.1, 0.15) is 5.82 Å². The van der Waals surface area contributed by atoms with Crippen molar-refractivity contribution in [3.8, 4) is 0 Å². The van der Waals surface area contributed by atoms with Crippen molar-refractivity contribution >= 4 is 5.91 Å². The van der Waals surface area contributed by atoms with Crippen LogP contribution in [0.1, 0.15) is 56.3 Å². The molecule has 3 heteroatoms. The highest BCUT2D eigenvalue weighted by molar-refractivity contribution is 5.94. The van der Waals surface area contributed by atoms with E-state index in [9.17, 15) is 9.18 Å². The molecule has 1 aliphatic rings. The number of amides is 1. The Hall–Kier alpha value is -1.38. The molecule has 0 N–H and O–H groups in total. The number of carbonyl (C=O) groups excluding carboxylic acids is 1. The van der Waals surface area contributed by atoms with E-state index in [1.807, 2.05) is 4.90 Å². The Morgan fingerprint density at radius 1 is 1.30 bits per heavy atom. The Morgan fingerprint density at radius 3 is 2.55 bits per heavy atom. The fraction of sp³-hybridized carbons (Fsp3) is 0.588. The minimum absolute atomic E-state index is 0.143. The van der Waals surface area contributed by atoms with Crippen LogP contribution >= 0.6 is 0 Å². The predicted octanol–water partition coefficient (Wildman–Crippen LogP) is 4.26. The Morgan fingerprint density at radius 2 is 1.95 bits per heavy atom. The first-order valence-corrected chi connectivity index (χ1v) is 7.65. The van der Waals surface area contributed by atoms with Crippen LogP contribution < -0.4 is 0 Å². The molecule has 2 nitrogen and oxygen atoms in total. The largest absolute Gasteiger partial charge is 0.336 e. The topological polar surface area (TPSA) is 20.3 Å². The highest BCUT2D eigenvalue weighted by Gasteiger charge is 2.28. The number of nitrogens with zero attached hydrogens (tertiary/aromatic N) is 1. The Kier molecular flexibility index (Phi) is 5.16. The van der Waals surface area contributed by atoms with Crippen molar-refractivity contribution < 1.29 is 9.18 Å². The quantitative estimate of drug-likeness (QED) is 0.787. The van der Waals surface area contributed by atoms with Crippen molar-refractivity contribution in [1.82, 2.24) is 4.90 Å². The summed E-state index contributed by atoms with van der Waals surface area (Å²) in [6.07, 6.45) is 5.42. The number of rotatable bonds is 5. The van der Waals surface area contributed by atoms with Crippen LogP contribution in [0.15, 0.2) is 24.3 Å². The molecule has 0 saturated heterocycles. The fourth-order valence-corrected chi connectivity index (χ4v) is 2.85. The number of hydrogen-bond donors (Lipinski definition) is 0. The van der Waals surface area contributed by atoms with Crippen LogP contribution in [0.25, 0.3) is 0 Å². The SMILES string of the molecule is CC(C)CCN(C(=O)c1ccccc1F)C1CCCC1. The summed E-state index contributed by atoms with van der Waals surface area (Å²) < 4.78 is 13.8. The number of hydrogen-bond acceptors (Lipinski definition) is 1. The van der Waals surface area contributed by atoms with Gasteiger partial charge in [0.05, 0.1) is 5.56 Å². The van der Waals surface area contributed by atoms with Gasteiger partial charge in [-0.2, -0.15) is 0 Å². The lowest BCUT2D eigenvalue weighted by molar-refractivity contribution is 0.0667. The van der Waals surface area contributed by atoms with E-state index in [4.69, 9.17) is 0 Å². The summed E-state index contributed by atoms with van der Waals surface area (Å²) in [5, 5.41) is 0. The molecule has 0 heterocycles. The lowest BCUT2D eigenvalue weighted by Crippen LogP contribution is -2.40. The van der Waals surface area contributed by atoms with Gasteiger partial charge in [-0.3, -0.25) is 4.79 Å². The molecule has 0 radical (unpaired) electrons. The van der Waals surface area contributed by atoms with E-state index in [0.717, 1.165) is 25.8 Å². The van der Waals surface area contributed by atoms with Crippen LogP contribution in [-0.4, -0.2) is 23.4 Å². The van der Waals surface area contributed by atoms with Gasteiger partial charge in [-0.15, -0.1) is 0 Å². The number of benzene rings is 1. The molecule has 2 rings (SSSR count). The van der Waals surface area contributed by atoms with Gasteiger partial charge in [0.25, 0.3) is 5.91 Å². The molecule has 1 amide bonds. The van der Waals surface area contributed by atoms with Crippen LogP contribution in [0.5, 0.6) is 0 Å². The molecule has 0 unspecified atom stereocenters. The van der Waals surface area contributed by atoms with E-state index in [-0.39, 0.29) is 11.5 Å². The molecule has 1 fully saturated rings. The first-order valence-electron chi connectivity index (χ1n) is 7.65. The lowest BCUT2D eigenvalue weighted by Gasteiger charge is -2.30. The zero-order valence-corrected chi connectivity index (χ0v) is 12.4. The molecule has 0 spiro atoms. The van der Waals surface area contributed by atoms with Crippen LogP contribution in [0.4, 0.5) is 4.39 Å². The molecule has 0 aromatic heterocycles. The first kappa shape index (κ1) is 15.0. The summed E-state index contributed by atoms with van der Waals surface area (Å²) in [6.45, 7) is 5.04. The summed E-state index contributed by atoms with van der Waals surface area (Å²) in [7, 11) is 0. The Labute approximate surface area is 121 Å². The van der Waals surface area contributed by atoms with Gasteiger partial charge < -0.3 is 4.90 Å². The summed E-state index contributed by atoms with van der Waals surface area (Å²) in [6, 6.07) is 6.60. The van der Waals surface area contributed by atoms with Gasteiger partial charge in [0.15, 0.2) is 0 Å². The number of halogens is 1. The van der Waals surface area contributed by atoms with E-state index >= 15 is 0 Å². The van der Waals surface area contributed by atoms with E-state index < -0.39 is 5.82 Å². The van der Waals surface area contributed by atoms with Gasteiger partial charge in [-0.25, -0.2) is 4.39 Å².